The van der Waals surface area contributed by atoms with E-state index in [0.717, 1.165) is 16.5 Å². The van der Waals surface area contributed by atoms with E-state index in [1.165, 1.54) is 0 Å². The Labute approximate surface area is 144 Å². The first kappa shape index (κ1) is 15.3. The molecule has 5 heteroatoms. The predicted molar refractivity (Wildman–Crippen MR) is 93.6 cm³/mol. The molecule has 0 unspecified atom stereocenters. The zero-order valence-electron chi connectivity index (χ0n) is 13.5. The number of pyridine rings is 1. The van der Waals surface area contributed by atoms with Crippen LogP contribution >= 0.6 is 0 Å². The predicted octanol–water partition coefficient (Wildman–Crippen LogP) is 3.13. The zero-order chi connectivity index (χ0) is 17.4. The molecule has 1 aliphatic heterocycles. The van der Waals surface area contributed by atoms with Crippen molar-refractivity contribution in [1.29, 1.82) is 0 Å². The van der Waals surface area contributed by atoms with Crippen molar-refractivity contribution in [1.82, 2.24) is 9.88 Å². The van der Waals surface area contributed by atoms with E-state index in [2.05, 4.69) is 4.98 Å². The van der Waals surface area contributed by atoms with Gasteiger partial charge in [-0.15, -0.1) is 0 Å². The Balaban J connectivity index is 1.68. The maximum Gasteiger partial charge on any atom is 0.335 e. The van der Waals surface area contributed by atoms with Gasteiger partial charge >= 0.3 is 5.97 Å². The van der Waals surface area contributed by atoms with E-state index < -0.39 is 5.97 Å². The Morgan fingerprint density at radius 3 is 2.80 bits per heavy atom. The van der Waals surface area contributed by atoms with Crippen molar-refractivity contribution >= 4 is 22.8 Å². The molecule has 1 aliphatic rings. The molecule has 4 rings (SSSR count). The van der Waals surface area contributed by atoms with Gasteiger partial charge in [-0.1, -0.05) is 24.3 Å². The van der Waals surface area contributed by atoms with Crippen molar-refractivity contribution in [2.75, 3.05) is 6.54 Å². The van der Waals surface area contributed by atoms with E-state index in [0.29, 0.717) is 30.6 Å². The van der Waals surface area contributed by atoms with E-state index in [1.54, 1.807) is 29.3 Å². The Morgan fingerprint density at radius 2 is 1.96 bits per heavy atom. The summed E-state index contributed by atoms with van der Waals surface area (Å²) in [7, 11) is 0. The average Bonchev–Trinajstić information content (AvgIpc) is 2.64. The van der Waals surface area contributed by atoms with Crippen LogP contribution in [0.4, 0.5) is 0 Å². The molecule has 3 aromatic rings. The van der Waals surface area contributed by atoms with Crippen molar-refractivity contribution in [3.05, 3.63) is 77.0 Å². The van der Waals surface area contributed by atoms with Gasteiger partial charge in [0.1, 0.15) is 0 Å². The molecule has 2 aromatic carbocycles. The number of rotatable bonds is 3. The van der Waals surface area contributed by atoms with Gasteiger partial charge in [-0.3, -0.25) is 9.78 Å². The summed E-state index contributed by atoms with van der Waals surface area (Å²) in [4.78, 5) is 30.3. The molecule has 2 heterocycles. The number of carboxylic acid groups (broad SMARTS) is 1. The van der Waals surface area contributed by atoms with Crippen molar-refractivity contribution in [3.8, 4) is 0 Å². The molecular formula is C20H16N2O3. The third-order valence-corrected chi connectivity index (χ3v) is 4.66. The van der Waals surface area contributed by atoms with Gasteiger partial charge in [-0.05, 0) is 41.8 Å². The molecule has 0 bridgehead atoms. The number of aromatic carboxylic acids is 1. The summed E-state index contributed by atoms with van der Waals surface area (Å²) in [5.41, 5.74) is 3.29. The van der Waals surface area contributed by atoms with Gasteiger partial charge in [-0.25, -0.2) is 4.79 Å². The van der Waals surface area contributed by atoms with Crippen LogP contribution in [0, 0.1) is 0 Å². The number of carbonyl (C=O) groups excluding carboxylic acids is 1. The molecule has 0 aliphatic carbocycles. The minimum absolute atomic E-state index is 0.120. The second kappa shape index (κ2) is 6.02. The first-order valence-electron chi connectivity index (χ1n) is 8.12. The van der Waals surface area contributed by atoms with Gasteiger partial charge in [0.25, 0.3) is 5.91 Å². The molecule has 0 spiro atoms. The molecule has 1 N–H and O–H groups in total. The molecule has 25 heavy (non-hydrogen) atoms. The van der Waals surface area contributed by atoms with Gasteiger partial charge in [0.05, 0.1) is 11.1 Å². The van der Waals surface area contributed by atoms with Crippen LogP contribution in [0.25, 0.3) is 10.9 Å². The average molecular weight is 332 g/mol. The maximum atomic E-state index is 12.8. The maximum absolute atomic E-state index is 12.8. The Hall–Kier alpha value is -3.21. The number of carbonyl (C=O) groups is 2. The van der Waals surface area contributed by atoms with E-state index in [-0.39, 0.29) is 11.5 Å². The van der Waals surface area contributed by atoms with Gasteiger partial charge in [-0.2, -0.15) is 0 Å². The monoisotopic (exact) mass is 332 g/mol. The first-order valence-corrected chi connectivity index (χ1v) is 8.12. The topological polar surface area (TPSA) is 70.5 Å². The van der Waals surface area contributed by atoms with Crippen molar-refractivity contribution in [3.63, 3.8) is 0 Å². The highest BCUT2D eigenvalue weighted by Gasteiger charge is 2.27. The Bertz CT molecular complexity index is 992. The SMILES string of the molecule is O=C(O)c1cccc2c1CCN(Cc1ccnc3ccccc13)C2=O. The van der Waals surface area contributed by atoms with Gasteiger partial charge in [0.2, 0.25) is 0 Å². The number of aromatic nitrogens is 1. The number of hydrogen-bond acceptors (Lipinski definition) is 3. The molecule has 1 aromatic heterocycles. The molecule has 0 radical (unpaired) electrons. The fourth-order valence-corrected chi connectivity index (χ4v) is 3.42. The number of carboxylic acids is 1. The number of fused-ring (bicyclic) bond motifs is 2. The second-order valence-electron chi connectivity index (χ2n) is 6.10. The summed E-state index contributed by atoms with van der Waals surface area (Å²) in [6.07, 6.45) is 2.30. The highest BCUT2D eigenvalue weighted by Crippen LogP contribution is 2.25. The summed E-state index contributed by atoms with van der Waals surface area (Å²) in [6, 6.07) is 14.7. The normalized spacial score (nSPS) is 13.8. The standard InChI is InChI=1S/C20H16N2O3/c23-19-16-5-3-6-17(20(24)25)15(16)9-11-22(19)12-13-8-10-21-18-7-2-1-4-14(13)18/h1-8,10H,9,11-12H2,(H,24,25). The van der Waals surface area contributed by atoms with Crippen LogP contribution < -0.4 is 0 Å². The number of amides is 1. The fourth-order valence-electron chi connectivity index (χ4n) is 3.42. The van der Waals surface area contributed by atoms with Crippen LogP contribution in [0.1, 0.15) is 31.8 Å². The summed E-state index contributed by atoms with van der Waals surface area (Å²) in [5.74, 6) is -1.11. The van der Waals surface area contributed by atoms with Crippen molar-refractivity contribution in [2.24, 2.45) is 0 Å². The minimum Gasteiger partial charge on any atom is -0.478 e. The largest absolute Gasteiger partial charge is 0.478 e. The lowest BCUT2D eigenvalue weighted by atomic mass is 9.93. The van der Waals surface area contributed by atoms with E-state index in [1.807, 2.05) is 30.3 Å². The molecule has 1 amide bonds. The van der Waals surface area contributed by atoms with Crippen LogP contribution in [-0.2, 0) is 13.0 Å². The Kier molecular flexibility index (Phi) is 3.69. The van der Waals surface area contributed by atoms with Crippen LogP contribution in [0.3, 0.4) is 0 Å². The number of benzene rings is 2. The quantitative estimate of drug-likeness (QED) is 0.800. The second-order valence-corrected chi connectivity index (χ2v) is 6.10. The van der Waals surface area contributed by atoms with E-state index >= 15 is 0 Å². The van der Waals surface area contributed by atoms with Crippen molar-refractivity contribution < 1.29 is 14.7 Å². The number of nitrogens with zero attached hydrogens (tertiary/aromatic N) is 2. The van der Waals surface area contributed by atoms with Crippen molar-refractivity contribution in [2.45, 2.75) is 13.0 Å². The lowest BCUT2D eigenvalue weighted by Gasteiger charge is -2.29. The van der Waals surface area contributed by atoms with Crippen LogP contribution in [0.2, 0.25) is 0 Å². The first-order chi connectivity index (χ1) is 12.1. The van der Waals surface area contributed by atoms with Gasteiger partial charge in [0, 0.05) is 30.2 Å². The molecule has 0 saturated heterocycles. The van der Waals surface area contributed by atoms with Crippen LogP contribution in [0.15, 0.2) is 54.7 Å². The van der Waals surface area contributed by atoms with E-state index in [9.17, 15) is 14.7 Å². The fraction of sp³-hybridized carbons (Fsp3) is 0.150. The third kappa shape index (κ3) is 2.63. The summed E-state index contributed by atoms with van der Waals surface area (Å²) >= 11 is 0. The number of hydrogen-bond donors (Lipinski definition) is 1. The number of para-hydroxylation sites is 1. The van der Waals surface area contributed by atoms with Gasteiger partial charge < -0.3 is 10.0 Å². The smallest absolute Gasteiger partial charge is 0.335 e. The minimum atomic E-state index is -0.988. The zero-order valence-corrected chi connectivity index (χ0v) is 13.5. The highest BCUT2D eigenvalue weighted by atomic mass is 16.4. The molecule has 0 saturated carbocycles. The lowest BCUT2D eigenvalue weighted by Crippen LogP contribution is -2.37. The Morgan fingerprint density at radius 1 is 1.12 bits per heavy atom. The van der Waals surface area contributed by atoms with Crippen LogP contribution in [-0.4, -0.2) is 33.4 Å². The third-order valence-electron chi connectivity index (χ3n) is 4.66. The summed E-state index contributed by atoms with van der Waals surface area (Å²) in [5, 5.41) is 10.3. The highest BCUT2D eigenvalue weighted by molar-refractivity contribution is 6.01. The molecule has 5 nitrogen and oxygen atoms in total. The summed E-state index contributed by atoms with van der Waals surface area (Å²) in [6.45, 7) is 0.991. The molecule has 124 valence electrons. The molecular weight excluding hydrogens is 316 g/mol. The molecule has 0 atom stereocenters. The van der Waals surface area contributed by atoms with Gasteiger partial charge in [0.15, 0.2) is 0 Å². The summed E-state index contributed by atoms with van der Waals surface area (Å²) < 4.78 is 0. The molecule has 0 fully saturated rings. The van der Waals surface area contributed by atoms with Crippen LogP contribution in [0.5, 0.6) is 0 Å². The lowest BCUT2D eigenvalue weighted by molar-refractivity contribution is 0.0692. The van der Waals surface area contributed by atoms with E-state index in [4.69, 9.17) is 0 Å².